The van der Waals surface area contributed by atoms with Gasteiger partial charge in [0, 0.05) is 18.9 Å². The first kappa shape index (κ1) is 12.4. The summed E-state index contributed by atoms with van der Waals surface area (Å²) in [5.74, 6) is -0.102. The fourth-order valence-corrected chi connectivity index (χ4v) is 2.23. The maximum Gasteiger partial charge on any atom is 0.268 e. The van der Waals surface area contributed by atoms with Crippen molar-refractivity contribution >= 4 is 11.6 Å². The van der Waals surface area contributed by atoms with E-state index in [0.717, 1.165) is 11.2 Å². The Balaban J connectivity index is 1.78. The van der Waals surface area contributed by atoms with Crippen LogP contribution in [0.1, 0.15) is 21.6 Å². The molecule has 1 N–H and O–H groups in total. The van der Waals surface area contributed by atoms with Crippen LogP contribution in [0.15, 0.2) is 54.9 Å². The minimum atomic E-state index is -0.102. The highest BCUT2D eigenvalue weighted by Crippen LogP contribution is 2.07. The maximum atomic E-state index is 12.3. The van der Waals surface area contributed by atoms with Crippen LogP contribution in [0, 0.1) is 6.92 Å². The summed E-state index contributed by atoms with van der Waals surface area (Å²) in [5.41, 5.74) is 3.64. The summed E-state index contributed by atoms with van der Waals surface area (Å²) in [5, 5.41) is 2.94. The van der Waals surface area contributed by atoms with Gasteiger partial charge in [0.25, 0.3) is 5.91 Å². The van der Waals surface area contributed by atoms with E-state index in [2.05, 4.69) is 16.4 Å². The highest BCUT2D eigenvalue weighted by molar-refractivity contribution is 5.93. The molecule has 0 saturated carbocycles. The lowest BCUT2D eigenvalue weighted by atomic mass is 10.1. The number of rotatable bonds is 3. The summed E-state index contributed by atoms with van der Waals surface area (Å²) in [6.07, 6.45) is 3.48. The summed E-state index contributed by atoms with van der Waals surface area (Å²) < 4.78 is 1.78. The van der Waals surface area contributed by atoms with Gasteiger partial charge < -0.3 is 5.32 Å². The van der Waals surface area contributed by atoms with E-state index in [1.165, 1.54) is 5.56 Å². The largest absolute Gasteiger partial charge is 0.347 e. The normalized spacial score (nSPS) is 10.7. The third-order valence-corrected chi connectivity index (χ3v) is 3.20. The average Bonchev–Trinajstić information content (AvgIpc) is 2.93. The minimum Gasteiger partial charge on any atom is -0.347 e. The summed E-state index contributed by atoms with van der Waals surface area (Å²) in [4.78, 5) is 16.4. The van der Waals surface area contributed by atoms with Gasteiger partial charge in [-0.3, -0.25) is 9.20 Å². The van der Waals surface area contributed by atoms with Crippen LogP contribution in [0.2, 0.25) is 0 Å². The summed E-state index contributed by atoms with van der Waals surface area (Å²) in [6.45, 7) is 2.56. The number of amides is 1. The molecule has 0 atom stereocenters. The zero-order chi connectivity index (χ0) is 13.9. The Labute approximate surface area is 117 Å². The third-order valence-electron chi connectivity index (χ3n) is 3.20. The molecule has 0 fully saturated rings. The van der Waals surface area contributed by atoms with Crippen LogP contribution in [-0.2, 0) is 6.54 Å². The number of fused-ring (bicyclic) bond motifs is 1. The van der Waals surface area contributed by atoms with Gasteiger partial charge in [-0.2, -0.15) is 0 Å². The lowest BCUT2D eigenvalue weighted by Gasteiger charge is -2.08. The number of nitrogens with zero attached hydrogens (tertiary/aromatic N) is 2. The molecule has 1 aromatic carbocycles. The zero-order valence-electron chi connectivity index (χ0n) is 11.2. The summed E-state index contributed by atoms with van der Waals surface area (Å²) in [7, 11) is 0. The van der Waals surface area contributed by atoms with Gasteiger partial charge in [-0.05, 0) is 24.6 Å². The molecule has 2 heterocycles. The van der Waals surface area contributed by atoms with Gasteiger partial charge in [-0.25, -0.2) is 4.98 Å². The molecule has 4 nitrogen and oxygen atoms in total. The molecule has 0 saturated heterocycles. The van der Waals surface area contributed by atoms with Crippen LogP contribution in [-0.4, -0.2) is 15.3 Å². The number of pyridine rings is 1. The highest BCUT2D eigenvalue weighted by atomic mass is 16.1. The second-order valence-corrected chi connectivity index (χ2v) is 4.74. The second-order valence-electron chi connectivity index (χ2n) is 4.74. The van der Waals surface area contributed by atoms with Crippen molar-refractivity contribution in [3.05, 3.63) is 71.7 Å². The number of aromatic nitrogens is 2. The van der Waals surface area contributed by atoms with E-state index >= 15 is 0 Å². The molecule has 0 unspecified atom stereocenters. The minimum absolute atomic E-state index is 0.102. The SMILES string of the molecule is Cc1cccc(CNC(=O)c2cccc3nccn23)c1. The Morgan fingerprint density at radius 3 is 2.95 bits per heavy atom. The fraction of sp³-hybridized carbons (Fsp3) is 0.125. The standard InChI is InChI=1S/C16H15N3O/c1-12-4-2-5-13(10-12)11-18-16(20)14-6-3-7-15-17-8-9-19(14)15/h2-10H,11H2,1H3,(H,18,20). The molecular weight excluding hydrogens is 250 g/mol. The molecule has 0 bridgehead atoms. The molecule has 3 rings (SSSR count). The Morgan fingerprint density at radius 1 is 1.25 bits per heavy atom. The first-order chi connectivity index (χ1) is 9.74. The number of hydrogen-bond acceptors (Lipinski definition) is 2. The van der Waals surface area contributed by atoms with Crippen molar-refractivity contribution in [1.82, 2.24) is 14.7 Å². The number of nitrogens with one attached hydrogen (secondary N) is 1. The Bertz CT molecular complexity index is 761. The van der Waals surface area contributed by atoms with E-state index < -0.39 is 0 Å². The van der Waals surface area contributed by atoms with Crippen molar-refractivity contribution < 1.29 is 4.79 Å². The summed E-state index contributed by atoms with van der Waals surface area (Å²) in [6, 6.07) is 13.6. The van der Waals surface area contributed by atoms with Crippen LogP contribution in [0.5, 0.6) is 0 Å². The number of carbonyl (C=O) groups excluding carboxylic acids is 1. The number of aryl methyl sites for hydroxylation is 1. The van der Waals surface area contributed by atoms with Crippen LogP contribution in [0.25, 0.3) is 5.65 Å². The van der Waals surface area contributed by atoms with Gasteiger partial charge in [0.05, 0.1) is 0 Å². The Hall–Kier alpha value is -2.62. The predicted molar refractivity (Wildman–Crippen MR) is 77.5 cm³/mol. The van der Waals surface area contributed by atoms with E-state index in [9.17, 15) is 4.79 Å². The molecule has 100 valence electrons. The van der Waals surface area contributed by atoms with Crippen LogP contribution in [0.3, 0.4) is 0 Å². The molecule has 4 heteroatoms. The van der Waals surface area contributed by atoms with E-state index in [-0.39, 0.29) is 5.91 Å². The van der Waals surface area contributed by atoms with E-state index in [0.29, 0.717) is 12.2 Å². The molecule has 2 aromatic heterocycles. The van der Waals surface area contributed by atoms with Crippen molar-refractivity contribution in [2.24, 2.45) is 0 Å². The van der Waals surface area contributed by atoms with Gasteiger partial charge >= 0.3 is 0 Å². The molecular formula is C16H15N3O. The molecule has 0 radical (unpaired) electrons. The molecule has 3 aromatic rings. The van der Waals surface area contributed by atoms with E-state index in [4.69, 9.17) is 0 Å². The lowest BCUT2D eigenvalue weighted by Crippen LogP contribution is -2.24. The molecule has 0 aliphatic rings. The predicted octanol–water partition coefficient (Wildman–Crippen LogP) is 2.57. The van der Waals surface area contributed by atoms with Crippen molar-refractivity contribution in [1.29, 1.82) is 0 Å². The topological polar surface area (TPSA) is 46.4 Å². The Morgan fingerprint density at radius 2 is 2.10 bits per heavy atom. The van der Waals surface area contributed by atoms with Crippen LogP contribution in [0.4, 0.5) is 0 Å². The van der Waals surface area contributed by atoms with Gasteiger partial charge in [-0.1, -0.05) is 35.9 Å². The molecule has 1 amide bonds. The number of carbonyl (C=O) groups is 1. The average molecular weight is 265 g/mol. The van der Waals surface area contributed by atoms with Gasteiger partial charge in [0.15, 0.2) is 0 Å². The summed E-state index contributed by atoms with van der Waals surface area (Å²) >= 11 is 0. The van der Waals surface area contributed by atoms with Crippen molar-refractivity contribution in [2.45, 2.75) is 13.5 Å². The lowest BCUT2D eigenvalue weighted by molar-refractivity contribution is 0.0944. The molecule has 20 heavy (non-hydrogen) atoms. The number of benzene rings is 1. The maximum absolute atomic E-state index is 12.3. The molecule has 0 spiro atoms. The van der Waals surface area contributed by atoms with Crippen LogP contribution >= 0.6 is 0 Å². The smallest absolute Gasteiger partial charge is 0.268 e. The number of imidazole rings is 1. The fourth-order valence-electron chi connectivity index (χ4n) is 2.23. The third kappa shape index (κ3) is 2.40. The highest BCUT2D eigenvalue weighted by Gasteiger charge is 2.09. The van der Waals surface area contributed by atoms with Crippen molar-refractivity contribution in [2.75, 3.05) is 0 Å². The molecule has 0 aliphatic carbocycles. The Kier molecular flexibility index (Phi) is 3.21. The van der Waals surface area contributed by atoms with Crippen LogP contribution < -0.4 is 5.32 Å². The zero-order valence-corrected chi connectivity index (χ0v) is 11.2. The quantitative estimate of drug-likeness (QED) is 0.791. The van der Waals surface area contributed by atoms with Crippen molar-refractivity contribution in [3.8, 4) is 0 Å². The van der Waals surface area contributed by atoms with Gasteiger partial charge in [-0.15, -0.1) is 0 Å². The second kappa shape index (κ2) is 5.17. The first-order valence-corrected chi connectivity index (χ1v) is 6.50. The monoisotopic (exact) mass is 265 g/mol. The van der Waals surface area contributed by atoms with Crippen molar-refractivity contribution in [3.63, 3.8) is 0 Å². The van der Waals surface area contributed by atoms with Gasteiger partial charge in [0.2, 0.25) is 0 Å². The number of hydrogen-bond donors (Lipinski definition) is 1. The first-order valence-electron chi connectivity index (χ1n) is 6.50. The molecule has 0 aliphatic heterocycles. The van der Waals surface area contributed by atoms with Gasteiger partial charge in [0.1, 0.15) is 11.3 Å². The van der Waals surface area contributed by atoms with E-state index in [1.54, 1.807) is 22.9 Å². The van der Waals surface area contributed by atoms with E-state index in [1.807, 2.05) is 37.3 Å².